The quantitative estimate of drug-likeness (QED) is 0.285. The van der Waals surface area contributed by atoms with E-state index in [1.54, 1.807) is 0 Å². The molecule has 0 bridgehead atoms. The van der Waals surface area contributed by atoms with Crippen molar-refractivity contribution in [3.63, 3.8) is 0 Å². The molecule has 42 heavy (non-hydrogen) atoms. The summed E-state index contributed by atoms with van der Waals surface area (Å²) in [5.41, 5.74) is 0.862. The molecule has 3 aromatic carbocycles. The van der Waals surface area contributed by atoms with E-state index in [9.17, 15) is 27.6 Å². The van der Waals surface area contributed by atoms with E-state index in [-0.39, 0.29) is 50.3 Å². The maximum absolute atomic E-state index is 14.7. The average Bonchev–Trinajstić information content (AvgIpc) is 3.73. The van der Waals surface area contributed by atoms with Crippen LogP contribution >= 0.6 is 0 Å². The molecule has 0 radical (unpaired) electrons. The van der Waals surface area contributed by atoms with E-state index in [1.807, 2.05) is 34.6 Å². The van der Waals surface area contributed by atoms with Crippen LogP contribution in [0.4, 0.5) is 18.9 Å². The highest BCUT2D eigenvalue weighted by Gasteiger charge is 2.21. The van der Waals surface area contributed by atoms with E-state index in [4.69, 9.17) is 0 Å². The van der Waals surface area contributed by atoms with Gasteiger partial charge in [0.1, 0.15) is 5.82 Å². The standard InChI is InChI=1S/C28H27F3N2O3.C4H8.C2H6/c1-15-21(11-18(16(2)34)12-24(15)30)20-8-6-17(26(35)32-14-28(3,4)5)10-22(20)27(36)33-19-7-9-23(29)25(31)13-19;1-4-2-3-4;1-2/h6-13H,14H2,1-5H3,(H,32,35)(H,33,36);4H,2-3H2,1H3;1-2H3. The second-order valence-electron chi connectivity index (χ2n) is 11.5. The van der Waals surface area contributed by atoms with Gasteiger partial charge in [0.15, 0.2) is 17.4 Å². The highest BCUT2D eigenvalue weighted by Crippen LogP contribution is 2.32. The fraction of sp³-hybridized carbons (Fsp3) is 0.382. The predicted octanol–water partition coefficient (Wildman–Crippen LogP) is 8.75. The summed E-state index contributed by atoms with van der Waals surface area (Å²) >= 11 is 0. The minimum atomic E-state index is -1.14. The molecule has 1 aliphatic carbocycles. The van der Waals surface area contributed by atoms with Gasteiger partial charge >= 0.3 is 0 Å². The van der Waals surface area contributed by atoms with Gasteiger partial charge in [0.25, 0.3) is 11.8 Å². The molecule has 1 fully saturated rings. The molecule has 2 amide bonds. The summed E-state index contributed by atoms with van der Waals surface area (Å²) in [6.45, 7) is 15.3. The van der Waals surface area contributed by atoms with Crippen LogP contribution in [0.1, 0.15) is 97.9 Å². The molecule has 5 nitrogen and oxygen atoms in total. The second-order valence-corrected chi connectivity index (χ2v) is 11.5. The van der Waals surface area contributed by atoms with Gasteiger partial charge in [-0.25, -0.2) is 13.2 Å². The van der Waals surface area contributed by atoms with E-state index in [0.717, 1.165) is 24.1 Å². The summed E-state index contributed by atoms with van der Waals surface area (Å²) in [5, 5.41) is 5.30. The number of carbonyl (C=O) groups is 3. The molecule has 0 aromatic heterocycles. The molecule has 3 aromatic rings. The molecule has 0 unspecified atom stereocenters. The SMILES string of the molecule is CC.CC(=O)c1cc(F)c(C)c(-c2ccc(C(=O)NCC(C)(C)C)cc2C(=O)Nc2ccc(F)c(F)c2)c1.CC1CC1. The Labute approximate surface area is 246 Å². The van der Waals surface area contributed by atoms with Crippen LogP contribution in [-0.2, 0) is 0 Å². The third kappa shape index (κ3) is 9.86. The Balaban J connectivity index is 0.000000926. The van der Waals surface area contributed by atoms with Crippen LogP contribution in [0.15, 0.2) is 48.5 Å². The maximum Gasteiger partial charge on any atom is 0.256 e. The van der Waals surface area contributed by atoms with Crippen LogP contribution < -0.4 is 10.6 Å². The van der Waals surface area contributed by atoms with Crippen LogP contribution in [-0.4, -0.2) is 24.1 Å². The second kappa shape index (κ2) is 14.8. The van der Waals surface area contributed by atoms with Gasteiger partial charge in [-0.05, 0) is 78.3 Å². The Morgan fingerprint density at radius 2 is 1.43 bits per heavy atom. The van der Waals surface area contributed by atoms with Crippen molar-refractivity contribution in [3.05, 3.63) is 88.2 Å². The Bertz CT molecular complexity index is 1440. The van der Waals surface area contributed by atoms with Crippen LogP contribution in [0.3, 0.4) is 0 Å². The lowest BCUT2D eigenvalue weighted by Gasteiger charge is -2.19. The zero-order valence-electron chi connectivity index (χ0n) is 25.7. The Morgan fingerprint density at radius 3 is 1.95 bits per heavy atom. The molecule has 1 saturated carbocycles. The Hall–Kier alpha value is -3.94. The zero-order valence-corrected chi connectivity index (χ0v) is 25.7. The molecule has 0 spiro atoms. The van der Waals surface area contributed by atoms with Crippen LogP contribution in [0.5, 0.6) is 0 Å². The molecule has 0 saturated heterocycles. The van der Waals surface area contributed by atoms with Crippen molar-refractivity contribution in [2.75, 3.05) is 11.9 Å². The third-order valence-corrected chi connectivity index (χ3v) is 6.39. The first-order valence-electron chi connectivity index (χ1n) is 14.2. The molecule has 8 heteroatoms. The predicted molar refractivity (Wildman–Crippen MR) is 162 cm³/mol. The molecule has 0 aliphatic heterocycles. The minimum absolute atomic E-state index is 0.00664. The number of carbonyl (C=O) groups excluding carboxylic acids is 3. The molecule has 2 N–H and O–H groups in total. The minimum Gasteiger partial charge on any atom is -0.352 e. The van der Waals surface area contributed by atoms with Gasteiger partial charge in [0.2, 0.25) is 0 Å². The number of benzene rings is 3. The molecule has 4 rings (SSSR count). The van der Waals surface area contributed by atoms with E-state index in [1.165, 1.54) is 57.0 Å². The fourth-order valence-electron chi connectivity index (χ4n) is 3.66. The van der Waals surface area contributed by atoms with Gasteiger partial charge in [0.05, 0.1) is 0 Å². The molecule has 0 atom stereocenters. The highest BCUT2D eigenvalue weighted by atomic mass is 19.2. The Morgan fingerprint density at radius 1 is 0.810 bits per heavy atom. The summed E-state index contributed by atoms with van der Waals surface area (Å²) in [6.07, 6.45) is 2.97. The monoisotopic (exact) mass is 582 g/mol. The lowest BCUT2D eigenvalue weighted by molar-refractivity contribution is 0.0938. The van der Waals surface area contributed by atoms with E-state index >= 15 is 0 Å². The molecule has 0 heterocycles. The lowest BCUT2D eigenvalue weighted by Crippen LogP contribution is -2.32. The van der Waals surface area contributed by atoms with E-state index in [2.05, 4.69) is 17.6 Å². The van der Waals surface area contributed by atoms with Gasteiger partial charge in [-0.3, -0.25) is 14.4 Å². The van der Waals surface area contributed by atoms with Gasteiger partial charge in [0, 0.05) is 35.0 Å². The zero-order chi connectivity index (χ0) is 31.8. The molecule has 226 valence electrons. The van der Waals surface area contributed by atoms with Crippen molar-refractivity contribution >= 4 is 23.3 Å². The van der Waals surface area contributed by atoms with Gasteiger partial charge in [-0.15, -0.1) is 0 Å². The molecule has 1 aliphatic rings. The van der Waals surface area contributed by atoms with Crippen molar-refractivity contribution in [1.82, 2.24) is 5.32 Å². The lowest BCUT2D eigenvalue weighted by atomic mass is 9.91. The highest BCUT2D eigenvalue weighted by molar-refractivity contribution is 6.11. The number of Topliss-reactive ketones (excluding diaryl/α,β-unsaturated/α-hetero) is 1. The number of halogens is 3. The summed E-state index contributed by atoms with van der Waals surface area (Å²) in [5.74, 6) is -3.26. The fourth-order valence-corrected chi connectivity index (χ4v) is 3.66. The first-order chi connectivity index (χ1) is 19.7. The number of rotatable bonds is 6. The maximum atomic E-state index is 14.7. The van der Waals surface area contributed by atoms with Crippen molar-refractivity contribution < 1.29 is 27.6 Å². The molecular weight excluding hydrogens is 541 g/mol. The smallest absolute Gasteiger partial charge is 0.256 e. The van der Waals surface area contributed by atoms with Crippen LogP contribution in [0.25, 0.3) is 11.1 Å². The van der Waals surface area contributed by atoms with Crippen LogP contribution in [0.2, 0.25) is 0 Å². The van der Waals surface area contributed by atoms with Crippen molar-refractivity contribution in [2.24, 2.45) is 11.3 Å². The summed E-state index contributed by atoms with van der Waals surface area (Å²) in [6, 6.07) is 9.83. The van der Waals surface area contributed by atoms with Gasteiger partial charge in [-0.1, -0.05) is 60.5 Å². The van der Waals surface area contributed by atoms with E-state index in [0.29, 0.717) is 6.54 Å². The number of hydrogen-bond donors (Lipinski definition) is 2. The first kappa shape index (κ1) is 34.3. The summed E-state index contributed by atoms with van der Waals surface area (Å²) < 4.78 is 41.7. The number of ketones is 1. The number of nitrogens with one attached hydrogen (secondary N) is 2. The van der Waals surface area contributed by atoms with E-state index < -0.39 is 29.3 Å². The van der Waals surface area contributed by atoms with Crippen LogP contribution in [0, 0.1) is 35.7 Å². The number of anilines is 1. The first-order valence-corrected chi connectivity index (χ1v) is 14.2. The molecular formula is C34H41F3N2O3. The number of hydrogen-bond acceptors (Lipinski definition) is 3. The van der Waals surface area contributed by atoms with Crippen molar-refractivity contribution in [1.29, 1.82) is 0 Å². The van der Waals surface area contributed by atoms with Gasteiger partial charge < -0.3 is 10.6 Å². The van der Waals surface area contributed by atoms with Crippen molar-refractivity contribution in [3.8, 4) is 11.1 Å². The van der Waals surface area contributed by atoms with Gasteiger partial charge in [-0.2, -0.15) is 0 Å². The summed E-state index contributed by atoms with van der Waals surface area (Å²) in [4.78, 5) is 38.0. The topological polar surface area (TPSA) is 75.3 Å². The average molecular weight is 583 g/mol. The third-order valence-electron chi connectivity index (χ3n) is 6.39. The number of amides is 2. The largest absolute Gasteiger partial charge is 0.352 e. The summed E-state index contributed by atoms with van der Waals surface area (Å²) in [7, 11) is 0. The van der Waals surface area contributed by atoms with Crippen molar-refractivity contribution in [2.45, 2.75) is 68.2 Å². The normalized spacial score (nSPS) is 12.3. The Kier molecular flexibility index (Phi) is 12.1.